The van der Waals surface area contributed by atoms with Gasteiger partial charge in [0.2, 0.25) is 0 Å². The second-order valence-corrected chi connectivity index (χ2v) is 7.18. The Morgan fingerprint density at radius 3 is 2.67 bits per heavy atom. The fourth-order valence-electron chi connectivity index (χ4n) is 3.48. The Morgan fingerprint density at radius 2 is 1.83 bits per heavy atom. The zero-order valence-corrected chi connectivity index (χ0v) is 16.6. The molecule has 8 heteroatoms. The molecule has 1 aromatic heterocycles. The standard InChI is InChI=1S/C22H24FN5O2/c23-19-9-5-4-6-17(19)15-27-11-10-20-25-26-21(28(20)13-12-27)14-24-22(29)16-30-18-7-2-1-3-8-18/h1-9H,10-16H2,(H,24,29). The molecular weight excluding hydrogens is 385 g/mol. The number of nitrogens with zero attached hydrogens (tertiary/aromatic N) is 4. The number of fused-ring (bicyclic) bond motifs is 1. The Labute approximate surface area is 174 Å². The Bertz CT molecular complexity index is 992. The van der Waals surface area contributed by atoms with Crippen LogP contribution in [0.2, 0.25) is 0 Å². The lowest BCUT2D eigenvalue weighted by Gasteiger charge is -2.20. The van der Waals surface area contributed by atoms with Gasteiger partial charge in [-0.25, -0.2) is 4.39 Å². The van der Waals surface area contributed by atoms with Gasteiger partial charge in [-0.15, -0.1) is 10.2 Å². The van der Waals surface area contributed by atoms with E-state index in [4.69, 9.17) is 4.74 Å². The van der Waals surface area contributed by atoms with Crippen LogP contribution in [0.15, 0.2) is 54.6 Å². The number of ether oxygens (including phenoxy) is 1. The highest BCUT2D eigenvalue weighted by atomic mass is 19.1. The second-order valence-electron chi connectivity index (χ2n) is 7.18. The lowest BCUT2D eigenvalue weighted by atomic mass is 10.2. The summed E-state index contributed by atoms with van der Waals surface area (Å²) < 4.78 is 21.5. The predicted octanol–water partition coefficient (Wildman–Crippen LogP) is 2.17. The van der Waals surface area contributed by atoms with Crippen molar-refractivity contribution in [3.63, 3.8) is 0 Å². The summed E-state index contributed by atoms with van der Waals surface area (Å²) >= 11 is 0. The molecule has 1 aliphatic heterocycles. The molecule has 2 heterocycles. The van der Waals surface area contributed by atoms with Crippen LogP contribution in [0.3, 0.4) is 0 Å². The van der Waals surface area contributed by atoms with Crippen LogP contribution in [-0.2, 0) is 30.8 Å². The van der Waals surface area contributed by atoms with E-state index in [9.17, 15) is 9.18 Å². The fourth-order valence-corrected chi connectivity index (χ4v) is 3.48. The molecule has 0 radical (unpaired) electrons. The molecule has 0 spiro atoms. The molecule has 7 nitrogen and oxygen atoms in total. The first-order valence-corrected chi connectivity index (χ1v) is 10.0. The number of benzene rings is 2. The smallest absolute Gasteiger partial charge is 0.258 e. The summed E-state index contributed by atoms with van der Waals surface area (Å²) in [6, 6.07) is 16.1. The quantitative estimate of drug-likeness (QED) is 0.648. The van der Waals surface area contributed by atoms with Gasteiger partial charge < -0.3 is 14.6 Å². The van der Waals surface area contributed by atoms with E-state index in [0.717, 1.165) is 25.3 Å². The van der Waals surface area contributed by atoms with Crippen LogP contribution in [0.5, 0.6) is 5.75 Å². The summed E-state index contributed by atoms with van der Waals surface area (Å²) in [5.74, 6) is 1.86. The molecule has 2 aromatic carbocycles. The molecule has 1 amide bonds. The summed E-state index contributed by atoms with van der Waals surface area (Å²) in [4.78, 5) is 14.3. The Kier molecular flexibility index (Phi) is 6.34. The maximum atomic E-state index is 14.0. The average molecular weight is 409 g/mol. The van der Waals surface area contributed by atoms with Crippen molar-refractivity contribution >= 4 is 5.91 Å². The third-order valence-electron chi connectivity index (χ3n) is 5.10. The van der Waals surface area contributed by atoms with Crippen molar-refractivity contribution in [1.29, 1.82) is 0 Å². The number of para-hydroxylation sites is 1. The molecule has 1 N–H and O–H groups in total. The summed E-state index contributed by atoms with van der Waals surface area (Å²) in [6.07, 6.45) is 0.729. The number of hydrogen-bond donors (Lipinski definition) is 1. The van der Waals surface area contributed by atoms with Crippen LogP contribution in [-0.4, -0.2) is 45.3 Å². The van der Waals surface area contributed by atoms with Gasteiger partial charge in [0.1, 0.15) is 17.4 Å². The first-order chi connectivity index (χ1) is 14.7. The molecule has 3 aromatic rings. The van der Waals surface area contributed by atoms with Crippen molar-refractivity contribution < 1.29 is 13.9 Å². The molecule has 0 fully saturated rings. The molecule has 4 rings (SSSR count). The van der Waals surface area contributed by atoms with E-state index < -0.39 is 0 Å². The van der Waals surface area contributed by atoms with E-state index in [1.165, 1.54) is 6.07 Å². The lowest BCUT2D eigenvalue weighted by molar-refractivity contribution is -0.123. The minimum Gasteiger partial charge on any atom is -0.484 e. The largest absolute Gasteiger partial charge is 0.484 e. The molecule has 0 saturated heterocycles. The summed E-state index contributed by atoms with van der Waals surface area (Å²) in [7, 11) is 0. The van der Waals surface area contributed by atoms with Crippen molar-refractivity contribution in [2.75, 3.05) is 19.7 Å². The van der Waals surface area contributed by atoms with Crippen LogP contribution in [0, 0.1) is 5.82 Å². The van der Waals surface area contributed by atoms with Crippen molar-refractivity contribution in [3.05, 3.63) is 77.6 Å². The van der Waals surface area contributed by atoms with Crippen LogP contribution >= 0.6 is 0 Å². The third kappa shape index (κ3) is 5.01. The minimum atomic E-state index is -0.217. The average Bonchev–Trinajstić information content (AvgIpc) is 3.05. The SMILES string of the molecule is O=C(COc1ccccc1)NCc1nnc2n1CCN(Cc1ccccc1F)CC2. The van der Waals surface area contributed by atoms with Gasteiger partial charge in [-0.1, -0.05) is 36.4 Å². The number of hydrogen-bond acceptors (Lipinski definition) is 5. The van der Waals surface area contributed by atoms with Crippen LogP contribution in [0.25, 0.3) is 0 Å². The molecule has 0 unspecified atom stereocenters. The Hall–Kier alpha value is -3.26. The third-order valence-corrected chi connectivity index (χ3v) is 5.10. The van der Waals surface area contributed by atoms with E-state index in [1.807, 2.05) is 34.9 Å². The molecule has 0 bridgehead atoms. The highest BCUT2D eigenvalue weighted by Crippen LogP contribution is 2.14. The van der Waals surface area contributed by atoms with E-state index in [0.29, 0.717) is 30.2 Å². The fraction of sp³-hybridized carbons (Fsp3) is 0.318. The number of carbonyl (C=O) groups is 1. The minimum absolute atomic E-state index is 0.0541. The topological polar surface area (TPSA) is 72.3 Å². The van der Waals surface area contributed by atoms with Crippen molar-refractivity contribution in [2.24, 2.45) is 0 Å². The summed E-state index contributed by atoms with van der Waals surface area (Å²) in [6.45, 7) is 3.04. The second kappa shape index (κ2) is 9.49. The van der Waals surface area contributed by atoms with Gasteiger partial charge in [0.25, 0.3) is 5.91 Å². The van der Waals surface area contributed by atoms with E-state index >= 15 is 0 Å². The lowest BCUT2D eigenvalue weighted by Crippen LogP contribution is -2.30. The van der Waals surface area contributed by atoms with Gasteiger partial charge in [-0.05, 0) is 18.2 Å². The van der Waals surface area contributed by atoms with Gasteiger partial charge >= 0.3 is 0 Å². The number of rotatable bonds is 7. The molecule has 0 atom stereocenters. The Morgan fingerprint density at radius 1 is 1.03 bits per heavy atom. The van der Waals surface area contributed by atoms with Gasteiger partial charge in [0.05, 0.1) is 6.54 Å². The molecule has 0 aliphatic carbocycles. The first kappa shape index (κ1) is 20.0. The van der Waals surface area contributed by atoms with Gasteiger partial charge in [-0.3, -0.25) is 9.69 Å². The molecular formula is C22H24FN5O2. The molecule has 1 aliphatic rings. The maximum Gasteiger partial charge on any atom is 0.258 e. The predicted molar refractivity (Wildman–Crippen MR) is 109 cm³/mol. The molecule has 156 valence electrons. The molecule has 0 saturated carbocycles. The van der Waals surface area contributed by atoms with Crippen molar-refractivity contribution in [3.8, 4) is 5.75 Å². The zero-order chi connectivity index (χ0) is 20.8. The number of carbonyl (C=O) groups excluding carboxylic acids is 1. The summed E-state index contributed by atoms with van der Waals surface area (Å²) in [5.41, 5.74) is 0.695. The van der Waals surface area contributed by atoms with Crippen LogP contribution in [0.4, 0.5) is 4.39 Å². The van der Waals surface area contributed by atoms with E-state index in [-0.39, 0.29) is 24.9 Å². The first-order valence-electron chi connectivity index (χ1n) is 10.0. The highest BCUT2D eigenvalue weighted by Gasteiger charge is 2.19. The monoisotopic (exact) mass is 409 g/mol. The van der Waals surface area contributed by atoms with Gasteiger partial charge in [-0.2, -0.15) is 0 Å². The van der Waals surface area contributed by atoms with E-state index in [1.54, 1.807) is 18.2 Å². The van der Waals surface area contributed by atoms with Crippen LogP contribution < -0.4 is 10.1 Å². The number of aromatic nitrogens is 3. The Balaban J connectivity index is 1.29. The number of nitrogens with one attached hydrogen (secondary N) is 1. The van der Waals surface area contributed by atoms with Crippen LogP contribution in [0.1, 0.15) is 17.2 Å². The zero-order valence-electron chi connectivity index (χ0n) is 16.6. The number of halogens is 1. The van der Waals surface area contributed by atoms with E-state index in [2.05, 4.69) is 20.4 Å². The van der Waals surface area contributed by atoms with Gasteiger partial charge in [0, 0.05) is 38.2 Å². The summed E-state index contributed by atoms with van der Waals surface area (Å²) in [5, 5.41) is 11.3. The highest BCUT2D eigenvalue weighted by molar-refractivity contribution is 5.77. The number of amides is 1. The maximum absolute atomic E-state index is 14.0. The normalized spacial score (nSPS) is 14.0. The van der Waals surface area contributed by atoms with Crippen molar-refractivity contribution in [1.82, 2.24) is 25.0 Å². The van der Waals surface area contributed by atoms with Crippen molar-refractivity contribution in [2.45, 2.75) is 26.1 Å². The van der Waals surface area contributed by atoms with Gasteiger partial charge in [0.15, 0.2) is 12.4 Å². The molecule has 30 heavy (non-hydrogen) atoms.